The van der Waals surface area contributed by atoms with Gasteiger partial charge in [-0.2, -0.15) is 9.98 Å². The second kappa shape index (κ2) is 16.1. The van der Waals surface area contributed by atoms with Crippen LogP contribution in [0.25, 0.3) is 0 Å². The van der Waals surface area contributed by atoms with Crippen molar-refractivity contribution in [2.75, 3.05) is 22.9 Å². The maximum Gasteiger partial charge on any atom is 0.225 e. The number of nitrogens with zero attached hydrogens (tertiary/aromatic N) is 4. The van der Waals surface area contributed by atoms with Gasteiger partial charge in [0.15, 0.2) is 11.9 Å². The predicted molar refractivity (Wildman–Crippen MR) is 159 cm³/mol. The van der Waals surface area contributed by atoms with Crippen molar-refractivity contribution in [3.8, 4) is 0 Å². The Kier molecular flexibility index (Phi) is 13.6. The molecule has 2 aromatic rings. The second-order valence-electron chi connectivity index (χ2n) is 8.28. The highest BCUT2D eigenvalue weighted by Gasteiger charge is 2.16. The highest BCUT2D eigenvalue weighted by Crippen LogP contribution is 2.26. The van der Waals surface area contributed by atoms with Crippen LogP contribution in [0.4, 0.5) is 15.8 Å². The molecule has 38 heavy (non-hydrogen) atoms. The van der Waals surface area contributed by atoms with E-state index in [2.05, 4.69) is 9.98 Å². The fourth-order valence-electron chi connectivity index (χ4n) is 3.69. The molecule has 2 aromatic carbocycles. The molecule has 0 amide bonds. The molecule has 0 heterocycles. The normalized spacial score (nSPS) is 10.1. The van der Waals surface area contributed by atoms with Crippen LogP contribution in [0.15, 0.2) is 46.4 Å². The van der Waals surface area contributed by atoms with Crippen LogP contribution in [0, 0.1) is 16.6 Å². The van der Waals surface area contributed by atoms with Crippen molar-refractivity contribution in [3.05, 3.63) is 58.4 Å². The van der Waals surface area contributed by atoms with Crippen LogP contribution in [0.1, 0.15) is 51.7 Å². The highest BCUT2D eigenvalue weighted by molar-refractivity contribution is 6.30. The molecule has 208 valence electrons. The molecule has 0 saturated carbocycles. The average molecular weight is 547 g/mol. The molecule has 0 aliphatic heterocycles. The Hall–Kier alpha value is -3.86. The molecule has 0 spiro atoms. The fourth-order valence-corrected chi connectivity index (χ4v) is 3.89. The topological polar surface area (TPSA) is 183 Å². The van der Waals surface area contributed by atoms with E-state index in [1.54, 1.807) is 15.9 Å². The Morgan fingerprint density at radius 3 is 1.58 bits per heavy atom. The average Bonchev–Trinajstić information content (AvgIpc) is 2.85. The van der Waals surface area contributed by atoms with Crippen molar-refractivity contribution < 1.29 is 4.39 Å². The number of nitrogens with two attached hydrogens (primary N) is 4. The zero-order valence-electron chi connectivity index (χ0n) is 22.6. The smallest absolute Gasteiger partial charge is 0.225 e. The lowest BCUT2D eigenvalue weighted by molar-refractivity contribution is 0.625. The minimum Gasteiger partial charge on any atom is -0.370 e. The van der Waals surface area contributed by atoms with E-state index in [4.69, 9.17) is 45.4 Å². The number of hydrogen-bond donors (Lipinski definition) is 6. The van der Waals surface area contributed by atoms with Gasteiger partial charge in [0.2, 0.25) is 11.9 Å². The Balaban J connectivity index is 0.000000380. The van der Waals surface area contributed by atoms with Crippen molar-refractivity contribution >= 4 is 46.8 Å². The number of halogens is 2. The summed E-state index contributed by atoms with van der Waals surface area (Å²) in [5, 5.41) is 16.6. The van der Waals surface area contributed by atoms with Crippen LogP contribution in [0.2, 0.25) is 5.02 Å². The molecule has 0 aliphatic rings. The van der Waals surface area contributed by atoms with E-state index in [1.165, 1.54) is 12.1 Å². The number of aryl methyl sites for hydroxylation is 2. The lowest BCUT2D eigenvalue weighted by Gasteiger charge is -2.24. The second-order valence-corrected chi connectivity index (χ2v) is 8.71. The van der Waals surface area contributed by atoms with Gasteiger partial charge in [0.05, 0.1) is 0 Å². The van der Waals surface area contributed by atoms with Crippen molar-refractivity contribution in [3.63, 3.8) is 0 Å². The summed E-state index contributed by atoms with van der Waals surface area (Å²) in [6.45, 7) is 9.27. The fraction of sp³-hybridized carbons (Fsp3) is 0.385. The van der Waals surface area contributed by atoms with Crippen molar-refractivity contribution in [2.45, 2.75) is 53.4 Å². The molecule has 0 aromatic heterocycles. The Labute approximate surface area is 229 Å². The summed E-state index contributed by atoms with van der Waals surface area (Å²) in [6, 6.07) is 10.1. The molecule has 0 fully saturated rings. The highest BCUT2D eigenvalue weighted by atomic mass is 35.5. The first-order valence-corrected chi connectivity index (χ1v) is 12.8. The van der Waals surface area contributed by atoms with Crippen LogP contribution >= 0.6 is 11.6 Å². The van der Waals surface area contributed by atoms with Crippen LogP contribution in [0.3, 0.4) is 0 Å². The minimum atomic E-state index is -0.287. The van der Waals surface area contributed by atoms with E-state index in [1.807, 2.05) is 45.9 Å². The predicted octanol–water partition coefficient (Wildman–Crippen LogP) is 4.14. The largest absolute Gasteiger partial charge is 0.370 e. The van der Waals surface area contributed by atoms with Gasteiger partial charge in [0, 0.05) is 29.5 Å². The lowest BCUT2D eigenvalue weighted by atomic mass is 10.1. The van der Waals surface area contributed by atoms with Crippen molar-refractivity contribution in [1.82, 2.24) is 0 Å². The van der Waals surface area contributed by atoms with E-state index >= 15 is 0 Å². The maximum absolute atomic E-state index is 13.3. The van der Waals surface area contributed by atoms with Gasteiger partial charge in [-0.1, -0.05) is 39.3 Å². The molecule has 0 bridgehead atoms. The van der Waals surface area contributed by atoms with Crippen LogP contribution in [-0.4, -0.2) is 36.9 Å². The molecule has 0 unspecified atom stereocenters. The first-order chi connectivity index (χ1) is 18.0. The monoisotopic (exact) mass is 546 g/mol. The van der Waals surface area contributed by atoms with Gasteiger partial charge < -0.3 is 32.7 Å². The Morgan fingerprint density at radius 2 is 1.18 bits per heavy atom. The van der Waals surface area contributed by atoms with Crippen LogP contribution < -0.4 is 32.7 Å². The molecular weight excluding hydrogens is 507 g/mol. The Bertz CT molecular complexity index is 1050. The summed E-state index contributed by atoms with van der Waals surface area (Å²) >= 11 is 6.00. The number of hydrogen-bond acceptors (Lipinski definition) is 2. The van der Waals surface area contributed by atoms with E-state index in [-0.39, 0.29) is 29.7 Å². The third kappa shape index (κ3) is 9.89. The summed E-state index contributed by atoms with van der Waals surface area (Å²) in [6.07, 6.45) is 3.20. The lowest BCUT2D eigenvalue weighted by Crippen LogP contribution is -2.34. The van der Waals surface area contributed by atoms with Crippen molar-refractivity contribution in [2.24, 2.45) is 32.9 Å². The van der Waals surface area contributed by atoms with Gasteiger partial charge in [-0.15, -0.1) is 0 Å². The third-order valence-corrected chi connectivity index (χ3v) is 5.54. The molecule has 10 nitrogen and oxygen atoms in total. The number of nitrogens with one attached hydrogen (secondary N) is 2. The van der Waals surface area contributed by atoms with Gasteiger partial charge in [0.25, 0.3) is 0 Å². The quantitative estimate of drug-likeness (QED) is 0.213. The Morgan fingerprint density at radius 1 is 0.763 bits per heavy atom. The van der Waals surface area contributed by atoms with Gasteiger partial charge in [-0.3, -0.25) is 10.8 Å². The molecule has 0 radical (unpaired) electrons. The summed E-state index contributed by atoms with van der Waals surface area (Å²) < 4.78 is 13.3. The van der Waals surface area contributed by atoms with Crippen LogP contribution in [-0.2, 0) is 12.8 Å². The minimum absolute atomic E-state index is 0.0387. The molecular formula is C26H40ClFN10. The van der Waals surface area contributed by atoms with E-state index in [9.17, 15) is 4.39 Å². The molecule has 12 heteroatoms. The maximum atomic E-state index is 13.3. The zero-order valence-corrected chi connectivity index (χ0v) is 23.3. The molecule has 0 aliphatic carbocycles. The SMILES string of the molecule is CCCN(C(=N)N=C(N)N)c1ccc(Cl)cc1CC.CCCN(C(=N)N=C(N)N)c1ccc(F)cc1CC. The standard InChI is InChI=1S/C13H20ClN5.C13H20FN5/c2*1-3-7-19(13(17)18-12(15)16)11-6-5-10(14)8-9(11)4-2/h2*5-6,8H,3-4,7H2,1-2H3,(H5,15,16,17,18). The third-order valence-electron chi connectivity index (χ3n) is 5.30. The molecule has 0 atom stereocenters. The summed E-state index contributed by atoms with van der Waals surface area (Å²) in [4.78, 5) is 11.0. The summed E-state index contributed by atoms with van der Waals surface area (Å²) in [7, 11) is 0. The van der Waals surface area contributed by atoms with Gasteiger partial charge in [-0.05, 0) is 73.2 Å². The first kappa shape index (κ1) is 32.2. The first-order valence-electron chi connectivity index (χ1n) is 12.5. The number of benzene rings is 2. The molecule has 0 saturated heterocycles. The number of aliphatic imine (C=N–C) groups is 2. The van der Waals surface area contributed by atoms with Crippen LogP contribution in [0.5, 0.6) is 0 Å². The summed E-state index contributed by atoms with van der Waals surface area (Å²) in [5.41, 5.74) is 24.9. The zero-order chi connectivity index (χ0) is 28.8. The van der Waals surface area contributed by atoms with Gasteiger partial charge in [0.1, 0.15) is 5.82 Å². The van der Waals surface area contributed by atoms with E-state index in [0.717, 1.165) is 41.8 Å². The van der Waals surface area contributed by atoms with E-state index in [0.29, 0.717) is 24.5 Å². The van der Waals surface area contributed by atoms with Gasteiger partial charge >= 0.3 is 0 Å². The van der Waals surface area contributed by atoms with E-state index < -0.39 is 0 Å². The van der Waals surface area contributed by atoms with Gasteiger partial charge in [-0.25, -0.2) is 4.39 Å². The number of rotatable bonds is 8. The molecule has 10 N–H and O–H groups in total. The molecule has 2 rings (SSSR count). The number of guanidine groups is 4. The number of anilines is 2. The van der Waals surface area contributed by atoms with Crippen molar-refractivity contribution in [1.29, 1.82) is 10.8 Å². The summed E-state index contributed by atoms with van der Waals surface area (Å²) in [5.74, 6) is -0.558.